The fourth-order valence-electron chi connectivity index (χ4n) is 3.24. The molecule has 0 bridgehead atoms. The first-order valence-electron chi connectivity index (χ1n) is 10.0. The summed E-state index contributed by atoms with van der Waals surface area (Å²) in [5.74, 6) is -0.0281. The molecular formula is C22H30N4O3. The summed E-state index contributed by atoms with van der Waals surface area (Å²) >= 11 is 0. The highest BCUT2D eigenvalue weighted by Gasteiger charge is 2.34. The summed E-state index contributed by atoms with van der Waals surface area (Å²) in [6.45, 7) is 1.79. The molecule has 0 radical (unpaired) electrons. The maximum absolute atomic E-state index is 13.1. The predicted octanol–water partition coefficient (Wildman–Crippen LogP) is 2.37. The molecule has 1 aromatic heterocycles. The molecule has 7 heteroatoms. The molecule has 0 atom stereocenters. The minimum Gasteiger partial charge on any atom is -0.383 e. The first-order valence-corrected chi connectivity index (χ1v) is 10.0. The minimum absolute atomic E-state index is 0.0281. The summed E-state index contributed by atoms with van der Waals surface area (Å²) in [6.07, 6.45) is 4.02. The number of rotatable bonds is 10. The van der Waals surface area contributed by atoms with Crippen LogP contribution in [0.25, 0.3) is 0 Å². The number of benzene rings is 1. The summed E-state index contributed by atoms with van der Waals surface area (Å²) in [6, 6.07) is 13.7. The van der Waals surface area contributed by atoms with Gasteiger partial charge in [0.15, 0.2) is 0 Å². The Kier molecular flexibility index (Phi) is 7.30. The van der Waals surface area contributed by atoms with Gasteiger partial charge in [-0.3, -0.25) is 4.79 Å². The molecule has 0 saturated heterocycles. The molecule has 1 N–H and O–H groups in total. The normalized spacial score (nSPS) is 13.2. The second-order valence-electron chi connectivity index (χ2n) is 7.42. The number of amides is 3. The highest BCUT2D eigenvalue weighted by molar-refractivity contribution is 5.84. The molecule has 29 heavy (non-hydrogen) atoms. The molecule has 1 saturated carbocycles. The van der Waals surface area contributed by atoms with Crippen LogP contribution in [-0.4, -0.2) is 59.2 Å². The quantitative estimate of drug-likeness (QED) is 0.668. The van der Waals surface area contributed by atoms with Gasteiger partial charge in [0.2, 0.25) is 5.91 Å². The van der Waals surface area contributed by atoms with E-state index in [1.165, 1.54) is 4.90 Å². The standard InChI is InChI=1S/C22H30N4O3/c1-24-12-6-9-20(24)16-26(19-10-11-19)21(27)17-25(13-14-29-2)22(28)23-15-18-7-4-3-5-8-18/h3-9,12,19H,10-11,13-17H2,1-2H3,(H,23,28). The van der Waals surface area contributed by atoms with Gasteiger partial charge in [-0.1, -0.05) is 30.3 Å². The lowest BCUT2D eigenvalue weighted by molar-refractivity contribution is -0.133. The largest absolute Gasteiger partial charge is 0.383 e. The zero-order chi connectivity index (χ0) is 20.6. The van der Waals surface area contributed by atoms with Gasteiger partial charge in [-0.15, -0.1) is 0 Å². The van der Waals surface area contributed by atoms with Crippen molar-refractivity contribution < 1.29 is 14.3 Å². The molecule has 156 valence electrons. The Bertz CT molecular complexity index is 801. The lowest BCUT2D eigenvalue weighted by Gasteiger charge is -2.28. The number of aromatic nitrogens is 1. The predicted molar refractivity (Wildman–Crippen MR) is 111 cm³/mol. The van der Waals surface area contributed by atoms with Crippen LogP contribution in [-0.2, 0) is 29.7 Å². The molecule has 7 nitrogen and oxygen atoms in total. The van der Waals surface area contributed by atoms with E-state index in [1.54, 1.807) is 7.11 Å². The first-order chi connectivity index (χ1) is 14.1. The second kappa shape index (κ2) is 10.1. The molecule has 0 unspecified atom stereocenters. The Balaban J connectivity index is 1.61. The summed E-state index contributed by atoms with van der Waals surface area (Å²) in [4.78, 5) is 29.2. The van der Waals surface area contributed by atoms with Gasteiger partial charge in [-0.25, -0.2) is 4.79 Å². The number of carbonyl (C=O) groups is 2. The van der Waals surface area contributed by atoms with Gasteiger partial charge < -0.3 is 24.4 Å². The van der Waals surface area contributed by atoms with E-state index < -0.39 is 0 Å². The molecule has 1 fully saturated rings. The van der Waals surface area contributed by atoms with Crippen molar-refractivity contribution in [2.45, 2.75) is 32.0 Å². The number of hydrogen-bond acceptors (Lipinski definition) is 3. The van der Waals surface area contributed by atoms with E-state index in [0.29, 0.717) is 26.2 Å². The van der Waals surface area contributed by atoms with Gasteiger partial charge in [-0.2, -0.15) is 0 Å². The summed E-state index contributed by atoms with van der Waals surface area (Å²) in [7, 11) is 3.57. The van der Waals surface area contributed by atoms with Crippen LogP contribution in [0.15, 0.2) is 48.7 Å². The minimum atomic E-state index is -0.256. The molecule has 3 amide bonds. The Hall–Kier alpha value is -2.80. The molecule has 0 aliphatic heterocycles. The Morgan fingerprint density at radius 3 is 2.55 bits per heavy atom. The maximum atomic E-state index is 13.1. The first kappa shape index (κ1) is 20.9. The lowest BCUT2D eigenvalue weighted by Crippen LogP contribution is -2.48. The van der Waals surface area contributed by atoms with Crippen molar-refractivity contribution in [2.24, 2.45) is 7.05 Å². The molecule has 1 aliphatic rings. The van der Waals surface area contributed by atoms with Crippen molar-refractivity contribution in [3.8, 4) is 0 Å². The molecular weight excluding hydrogens is 368 g/mol. The highest BCUT2D eigenvalue weighted by Crippen LogP contribution is 2.28. The monoisotopic (exact) mass is 398 g/mol. The van der Waals surface area contributed by atoms with Crippen LogP contribution in [0.3, 0.4) is 0 Å². The number of hydrogen-bond donors (Lipinski definition) is 1. The Labute approximate surface area is 172 Å². The summed E-state index contributed by atoms with van der Waals surface area (Å²) in [5.41, 5.74) is 2.10. The van der Waals surface area contributed by atoms with Crippen molar-refractivity contribution in [1.29, 1.82) is 0 Å². The Morgan fingerprint density at radius 2 is 1.93 bits per heavy atom. The smallest absolute Gasteiger partial charge is 0.318 e. The SMILES string of the molecule is COCCN(CC(=O)N(Cc1cccn1C)C1CC1)C(=O)NCc1ccccc1. The van der Waals surface area contributed by atoms with E-state index in [9.17, 15) is 9.59 Å². The number of methoxy groups -OCH3 is 1. The van der Waals surface area contributed by atoms with E-state index in [2.05, 4.69) is 5.32 Å². The maximum Gasteiger partial charge on any atom is 0.318 e. The second-order valence-corrected chi connectivity index (χ2v) is 7.42. The van der Waals surface area contributed by atoms with E-state index in [0.717, 1.165) is 24.1 Å². The van der Waals surface area contributed by atoms with Crippen molar-refractivity contribution in [1.82, 2.24) is 19.7 Å². The number of urea groups is 1. The van der Waals surface area contributed by atoms with E-state index in [1.807, 2.05) is 65.2 Å². The van der Waals surface area contributed by atoms with Crippen LogP contribution in [0.4, 0.5) is 4.79 Å². The topological polar surface area (TPSA) is 66.8 Å². The van der Waals surface area contributed by atoms with Crippen LogP contribution in [0.1, 0.15) is 24.1 Å². The van der Waals surface area contributed by atoms with Crippen molar-refractivity contribution >= 4 is 11.9 Å². The van der Waals surface area contributed by atoms with Gasteiger partial charge in [0.1, 0.15) is 6.54 Å². The average molecular weight is 399 g/mol. The molecule has 2 aromatic rings. The van der Waals surface area contributed by atoms with E-state index in [4.69, 9.17) is 4.74 Å². The average Bonchev–Trinajstić information content (AvgIpc) is 3.49. The number of nitrogens with zero attached hydrogens (tertiary/aromatic N) is 3. The number of nitrogens with one attached hydrogen (secondary N) is 1. The molecule has 0 spiro atoms. The summed E-state index contributed by atoms with van der Waals surface area (Å²) < 4.78 is 7.16. The lowest BCUT2D eigenvalue weighted by atomic mass is 10.2. The number of aryl methyl sites for hydroxylation is 1. The fraction of sp³-hybridized carbons (Fsp3) is 0.455. The molecule has 1 aromatic carbocycles. The van der Waals surface area contributed by atoms with E-state index >= 15 is 0 Å². The van der Waals surface area contributed by atoms with Crippen molar-refractivity contribution in [3.05, 3.63) is 59.9 Å². The van der Waals surface area contributed by atoms with Gasteiger partial charge >= 0.3 is 6.03 Å². The highest BCUT2D eigenvalue weighted by atomic mass is 16.5. The third kappa shape index (κ3) is 6.09. The zero-order valence-electron chi connectivity index (χ0n) is 17.2. The van der Waals surface area contributed by atoms with Crippen LogP contribution in [0, 0.1) is 0 Å². The van der Waals surface area contributed by atoms with Crippen LogP contribution >= 0.6 is 0 Å². The van der Waals surface area contributed by atoms with Gasteiger partial charge in [0.25, 0.3) is 0 Å². The van der Waals surface area contributed by atoms with E-state index in [-0.39, 0.29) is 24.5 Å². The van der Waals surface area contributed by atoms with Gasteiger partial charge in [0.05, 0.1) is 13.2 Å². The Morgan fingerprint density at radius 1 is 1.17 bits per heavy atom. The number of carbonyl (C=O) groups excluding carboxylic acids is 2. The zero-order valence-corrected chi connectivity index (χ0v) is 17.2. The number of ether oxygens (including phenoxy) is 1. The summed E-state index contributed by atoms with van der Waals surface area (Å²) in [5, 5.41) is 2.91. The van der Waals surface area contributed by atoms with Crippen molar-refractivity contribution in [2.75, 3.05) is 26.8 Å². The van der Waals surface area contributed by atoms with Gasteiger partial charge in [0, 0.05) is 45.2 Å². The van der Waals surface area contributed by atoms with Crippen molar-refractivity contribution in [3.63, 3.8) is 0 Å². The van der Waals surface area contributed by atoms with Crippen LogP contribution < -0.4 is 5.32 Å². The molecule has 1 heterocycles. The third-order valence-corrected chi connectivity index (χ3v) is 5.16. The van der Waals surface area contributed by atoms with Crippen LogP contribution in [0.5, 0.6) is 0 Å². The molecule has 3 rings (SSSR count). The molecule has 1 aliphatic carbocycles. The third-order valence-electron chi connectivity index (χ3n) is 5.16. The van der Waals surface area contributed by atoms with Crippen LogP contribution in [0.2, 0.25) is 0 Å². The fourth-order valence-corrected chi connectivity index (χ4v) is 3.24. The van der Waals surface area contributed by atoms with Gasteiger partial charge in [-0.05, 0) is 30.5 Å².